The van der Waals surface area contributed by atoms with Crippen molar-refractivity contribution in [2.45, 2.75) is 12.8 Å². The normalized spacial score (nSPS) is 18.5. The molecule has 2 aliphatic heterocycles. The summed E-state index contributed by atoms with van der Waals surface area (Å²) in [4.78, 5) is 16.3. The summed E-state index contributed by atoms with van der Waals surface area (Å²) in [5, 5.41) is 0. The smallest absolute Gasteiger partial charge is 0.265 e. The molecule has 0 atom stereocenters. The predicted molar refractivity (Wildman–Crippen MR) is 91.4 cm³/mol. The van der Waals surface area contributed by atoms with E-state index in [1.165, 1.54) is 11.1 Å². The lowest BCUT2D eigenvalue weighted by Gasteiger charge is -2.31. The third-order valence-electron chi connectivity index (χ3n) is 4.35. The third kappa shape index (κ3) is 2.89. The van der Waals surface area contributed by atoms with E-state index in [-0.39, 0.29) is 12.5 Å². The molecule has 7 heteroatoms. The number of hydrogen-bond donors (Lipinski definition) is 0. The molecular weight excluding hydrogens is 347 g/mol. The molecule has 5 nitrogen and oxygen atoms in total. The van der Waals surface area contributed by atoms with Gasteiger partial charge in [0.05, 0.1) is 16.8 Å². The second-order valence-electron chi connectivity index (χ2n) is 5.81. The Labute approximate surface area is 140 Å². The van der Waals surface area contributed by atoms with Crippen molar-refractivity contribution in [3.05, 3.63) is 21.7 Å². The molecule has 0 bridgehead atoms. The Morgan fingerprint density at radius 1 is 1.41 bits per heavy atom. The number of hydrogen-bond acceptors (Lipinski definition) is 4. The number of carbonyl (C=O) groups excluding carboxylic acids is 1. The number of rotatable bonds is 3. The topological polar surface area (TPSA) is 42.0 Å². The van der Waals surface area contributed by atoms with Gasteiger partial charge in [-0.2, -0.15) is 0 Å². The highest BCUT2D eigenvalue weighted by Crippen LogP contribution is 2.43. The van der Waals surface area contributed by atoms with E-state index < -0.39 is 0 Å². The van der Waals surface area contributed by atoms with Crippen LogP contribution in [0.2, 0.25) is 0 Å². The summed E-state index contributed by atoms with van der Waals surface area (Å²) in [7, 11) is 3.79. The number of ether oxygens (including phenoxy) is 2. The number of carbonyl (C=O) groups is 1. The zero-order chi connectivity index (χ0) is 15.7. The minimum Gasteiger partial charge on any atom is -0.480 e. The number of anilines is 1. The van der Waals surface area contributed by atoms with E-state index in [1.54, 1.807) is 12.0 Å². The van der Waals surface area contributed by atoms with Crippen LogP contribution in [0.25, 0.3) is 0 Å². The Morgan fingerprint density at radius 2 is 2.18 bits per heavy atom. The van der Waals surface area contributed by atoms with Gasteiger partial charge in [-0.25, -0.2) is 0 Å². The van der Waals surface area contributed by atoms with Gasteiger partial charge >= 0.3 is 0 Å². The largest absolute Gasteiger partial charge is 0.480 e. The molecular formula is C15H20BBrN2O3. The van der Waals surface area contributed by atoms with E-state index in [9.17, 15) is 4.79 Å². The average Bonchev–Trinajstić information content (AvgIpc) is 2.69. The predicted octanol–water partition coefficient (Wildman–Crippen LogP) is 0.770. The number of halogens is 1. The van der Waals surface area contributed by atoms with Gasteiger partial charge in [-0.05, 0) is 59.1 Å². The Balaban J connectivity index is 2.02. The molecule has 0 saturated heterocycles. The van der Waals surface area contributed by atoms with Crippen LogP contribution in [0.5, 0.6) is 5.75 Å². The van der Waals surface area contributed by atoms with E-state index >= 15 is 0 Å². The molecule has 2 heterocycles. The van der Waals surface area contributed by atoms with Crippen LogP contribution in [0.1, 0.15) is 11.1 Å². The maximum atomic E-state index is 12.2. The molecule has 0 radical (unpaired) electrons. The van der Waals surface area contributed by atoms with Crippen LogP contribution in [-0.2, 0) is 22.4 Å². The first-order valence-electron chi connectivity index (χ1n) is 7.56. The van der Waals surface area contributed by atoms with Gasteiger partial charge in [0.15, 0.2) is 20.3 Å². The van der Waals surface area contributed by atoms with Crippen molar-refractivity contribution in [3.63, 3.8) is 0 Å². The molecule has 1 aromatic carbocycles. The molecule has 0 N–H and O–H groups in total. The summed E-state index contributed by atoms with van der Waals surface area (Å²) in [6.07, 6.45) is 1.99. The van der Waals surface area contributed by atoms with Gasteiger partial charge in [0.25, 0.3) is 5.91 Å². The first-order chi connectivity index (χ1) is 10.6. The number of methoxy groups -OCH3 is 1. The molecule has 1 aromatic rings. The van der Waals surface area contributed by atoms with E-state index in [2.05, 4.69) is 34.8 Å². The Morgan fingerprint density at radius 3 is 2.95 bits per heavy atom. The molecule has 0 aromatic heterocycles. The van der Waals surface area contributed by atoms with Gasteiger partial charge < -0.3 is 19.2 Å². The van der Waals surface area contributed by atoms with Crippen LogP contribution >= 0.6 is 15.9 Å². The van der Waals surface area contributed by atoms with Crippen molar-refractivity contribution in [2.24, 2.45) is 0 Å². The lowest BCUT2D eigenvalue weighted by Crippen LogP contribution is -2.41. The standard InChI is InChI=1S/C15H20BBrN2O3/c1-21-7-6-19-12-8-10-2-4-18(16)5-3-11(10)14(17)15(12)22-9-13(19)20/h8H,2-7,9,16H2,1H3. The molecule has 0 saturated carbocycles. The summed E-state index contributed by atoms with van der Waals surface area (Å²) >= 11 is 3.71. The van der Waals surface area contributed by atoms with Crippen LogP contribution in [-0.4, -0.2) is 58.7 Å². The fourth-order valence-electron chi connectivity index (χ4n) is 3.04. The fraction of sp³-hybridized carbons (Fsp3) is 0.533. The monoisotopic (exact) mass is 366 g/mol. The van der Waals surface area contributed by atoms with Crippen molar-refractivity contribution in [3.8, 4) is 5.75 Å². The highest BCUT2D eigenvalue weighted by molar-refractivity contribution is 9.10. The van der Waals surface area contributed by atoms with Crippen molar-refractivity contribution >= 4 is 35.5 Å². The van der Waals surface area contributed by atoms with Crippen molar-refractivity contribution in [2.75, 3.05) is 44.9 Å². The summed E-state index contributed by atoms with van der Waals surface area (Å²) in [5.74, 6) is 0.779. The number of fused-ring (bicyclic) bond motifs is 2. The van der Waals surface area contributed by atoms with Crippen molar-refractivity contribution in [1.29, 1.82) is 0 Å². The van der Waals surface area contributed by atoms with Crippen molar-refractivity contribution < 1.29 is 14.3 Å². The highest BCUT2D eigenvalue weighted by Gasteiger charge is 2.30. The number of benzene rings is 1. The van der Waals surface area contributed by atoms with Crippen LogP contribution < -0.4 is 9.64 Å². The van der Waals surface area contributed by atoms with Crippen LogP contribution in [0.15, 0.2) is 10.5 Å². The molecule has 1 amide bonds. The summed E-state index contributed by atoms with van der Waals surface area (Å²) < 4.78 is 11.9. The third-order valence-corrected chi connectivity index (χ3v) is 5.19. The Hall–Kier alpha value is -1.05. The van der Waals surface area contributed by atoms with Crippen molar-refractivity contribution in [1.82, 2.24) is 4.81 Å². The quantitative estimate of drug-likeness (QED) is 0.741. The second kappa shape index (κ2) is 6.60. The average molecular weight is 367 g/mol. The summed E-state index contributed by atoms with van der Waals surface area (Å²) in [5.41, 5.74) is 3.48. The maximum absolute atomic E-state index is 12.2. The van der Waals surface area contributed by atoms with E-state index in [1.807, 2.05) is 0 Å². The second-order valence-corrected chi connectivity index (χ2v) is 6.60. The Bertz CT molecular complexity index is 597. The van der Waals surface area contributed by atoms with Gasteiger partial charge in [0.1, 0.15) is 0 Å². The van der Waals surface area contributed by atoms with Crippen LogP contribution in [0.3, 0.4) is 0 Å². The lowest BCUT2D eigenvalue weighted by molar-refractivity contribution is -0.121. The van der Waals surface area contributed by atoms with E-state index in [0.717, 1.165) is 41.8 Å². The zero-order valence-corrected chi connectivity index (χ0v) is 14.6. The zero-order valence-electron chi connectivity index (χ0n) is 13.0. The number of amides is 1. The van der Waals surface area contributed by atoms with Crippen LogP contribution in [0.4, 0.5) is 5.69 Å². The van der Waals surface area contributed by atoms with Crippen LogP contribution in [0, 0.1) is 0 Å². The summed E-state index contributed by atoms with van der Waals surface area (Å²) in [6.45, 7) is 3.23. The van der Waals surface area contributed by atoms with Gasteiger partial charge in [-0.15, -0.1) is 0 Å². The van der Waals surface area contributed by atoms with Gasteiger partial charge in [0.2, 0.25) is 0 Å². The minimum absolute atomic E-state index is 0.0119. The van der Waals surface area contributed by atoms with Gasteiger partial charge in [0, 0.05) is 13.7 Å². The first kappa shape index (κ1) is 15.8. The fourth-order valence-corrected chi connectivity index (χ4v) is 3.81. The molecule has 0 fully saturated rings. The molecule has 118 valence electrons. The molecule has 0 spiro atoms. The Kier molecular flexibility index (Phi) is 4.75. The number of nitrogens with zero attached hydrogens (tertiary/aromatic N) is 2. The molecule has 2 aliphatic rings. The lowest BCUT2D eigenvalue weighted by atomic mass is 10.0. The molecule has 0 aliphatic carbocycles. The van der Waals surface area contributed by atoms with E-state index in [0.29, 0.717) is 13.2 Å². The molecule has 0 unspecified atom stereocenters. The molecule has 22 heavy (non-hydrogen) atoms. The van der Waals surface area contributed by atoms with Gasteiger partial charge in [-0.3, -0.25) is 4.79 Å². The highest BCUT2D eigenvalue weighted by atomic mass is 79.9. The SMILES string of the molecule is BN1CCc2cc3c(c(Br)c2CC1)OCC(=O)N3CCOC. The maximum Gasteiger partial charge on any atom is 0.265 e. The van der Waals surface area contributed by atoms with E-state index in [4.69, 9.17) is 9.47 Å². The minimum atomic E-state index is -0.0119. The van der Waals surface area contributed by atoms with Gasteiger partial charge in [-0.1, -0.05) is 0 Å². The first-order valence-corrected chi connectivity index (χ1v) is 8.36. The molecule has 3 rings (SSSR count). The summed E-state index contributed by atoms with van der Waals surface area (Å²) in [6, 6.07) is 2.13.